The Kier molecular flexibility index (Phi) is 6.80. The highest BCUT2D eigenvalue weighted by atomic mass is 127. The molecule has 26 heavy (non-hydrogen) atoms. The van der Waals surface area contributed by atoms with Crippen molar-refractivity contribution in [2.45, 2.75) is 31.2 Å². The third-order valence-corrected chi connectivity index (χ3v) is 5.37. The summed E-state index contributed by atoms with van der Waals surface area (Å²) in [6.07, 6.45) is 6.44. The van der Waals surface area contributed by atoms with Crippen LogP contribution < -0.4 is 28.5 Å². The molecule has 0 spiro atoms. The van der Waals surface area contributed by atoms with Crippen molar-refractivity contribution in [2.75, 3.05) is 7.05 Å². The van der Waals surface area contributed by atoms with Crippen LogP contribution in [0.15, 0.2) is 48.8 Å². The molecule has 0 saturated heterocycles. The van der Waals surface area contributed by atoms with E-state index >= 15 is 0 Å². The molecule has 4 nitrogen and oxygen atoms in total. The molecule has 0 bridgehead atoms. The van der Waals surface area contributed by atoms with E-state index in [2.05, 4.69) is 0 Å². The number of Topliss-reactive ketones (excluding diaryl/α,β-unsaturated/α-hetero) is 1. The Labute approximate surface area is 176 Å². The van der Waals surface area contributed by atoms with E-state index in [0.717, 1.165) is 18.4 Å². The van der Waals surface area contributed by atoms with Crippen molar-refractivity contribution >= 4 is 23.3 Å². The summed E-state index contributed by atoms with van der Waals surface area (Å²) < 4.78 is 1.83. The van der Waals surface area contributed by atoms with E-state index in [0.29, 0.717) is 23.4 Å². The van der Waals surface area contributed by atoms with Gasteiger partial charge in [0.1, 0.15) is 18.2 Å². The minimum absolute atomic E-state index is 0. The number of pyridine rings is 1. The van der Waals surface area contributed by atoms with E-state index in [1.165, 1.54) is 0 Å². The van der Waals surface area contributed by atoms with Crippen molar-refractivity contribution < 1.29 is 38.1 Å². The van der Waals surface area contributed by atoms with Crippen molar-refractivity contribution in [3.63, 3.8) is 0 Å². The number of carbonyl (C=O) groups is 2. The second-order valence-electron chi connectivity index (χ2n) is 6.59. The minimum atomic E-state index is -0.998. The van der Waals surface area contributed by atoms with E-state index in [1.54, 1.807) is 30.3 Å². The molecule has 138 valence electrons. The number of hydrogen-bond donors (Lipinski definition) is 0. The van der Waals surface area contributed by atoms with Gasteiger partial charge in [-0.15, -0.1) is 0 Å². The predicted molar refractivity (Wildman–Crippen MR) is 96.3 cm³/mol. The fourth-order valence-corrected chi connectivity index (χ4v) is 4.00. The van der Waals surface area contributed by atoms with Crippen LogP contribution in [-0.4, -0.2) is 23.6 Å². The lowest BCUT2D eigenvalue weighted by molar-refractivity contribution is -0.671. The molecule has 1 saturated carbocycles. The molecule has 0 N–H and O–H groups in total. The Morgan fingerprint density at radius 3 is 2.58 bits per heavy atom. The number of hydrogen-bond acceptors (Lipinski definition) is 2. The van der Waals surface area contributed by atoms with E-state index in [1.807, 2.05) is 42.1 Å². The van der Waals surface area contributed by atoms with Crippen LogP contribution in [0.5, 0.6) is 0 Å². The van der Waals surface area contributed by atoms with Crippen molar-refractivity contribution in [1.82, 2.24) is 4.90 Å². The second kappa shape index (κ2) is 8.48. The van der Waals surface area contributed by atoms with Crippen molar-refractivity contribution in [3.8, 4) is 0 Å². The molecule has 1 aromatic heterocycles. The minimum Gasteiger partial charge on any atom is -1.00 e. The smallest absolute Gasteiger partial charge is 0.260 e. The topological polar surface area (TPSA) is 41.3 Å². The lowest BCUT2D eigenvalue weighted by Crippen LogP contribution is -3.00. The molecule has 1 fully saturated rings. The van der Waals surface area contributed by atoms with Crippen molar-refractivity contribution in [2.24, 2.45) is 7.05 Å². The lowest BCUT2D eigenvalue weighted by atomic mass is 9.74. The Hall–Kier alpha value is -1.47. The maximum Gasteiger partial charge on any atom is 0.260 e. The Morgan fingerprint density at radius 1 is 1.19 bits per heavy atom. The lowest BCUT2D eigenvalue weighted by Gasteiger charge is -2.43. The van der Waals surface area contributed by atoms with Gasteiger partial charge in [0.25, 0.3) is 5.91 Å². The van der Waals surface area contributed by atoms with Gasteiger partial charge in [0.2, 0.25) is 0 Å². The fourth-order valence-electron chi connectivity index (χ4n) is 3.71. The Balaban J connectivity index is 0.00000243. The van der Waals surface area contributed by atoms with Gasteiger partial charge < -0.3 is 28.9 Å². The van der Waals surface area contributed by atoms with Gasteiger partial charge in [0.15, 0.2) is 18.2 Å². The van der Waals surface area contributed by atoms with Crippen LogP contribution in [0.2, 0.25) is 5.02 Å². The summed E-state index contributed by atoms with van der Waals surface area (Å²) in [7, 11) is 3.58. The van der Waals surface area contributed by atoms with E-state index < -0.39 is 5.54 Å². The molecular formula is C20H22ClIN2O2. The Morgan fingerprint density at radius 2 is 1.92 bits per heavy atom. The first-order valence-corrected chi connectivity index (χ1v) is 8.86. The third-order valence-electron chi connectivity index (χ3n) is 5.04. The van der Waals surface area contributed by atoms with E-state index in [4.69, 9.17) is 11.6 Å². The molecule has 1 unspecified atom stereocenters. The zero-order chi connectivity index (χ0) is 18.0. The monoisotopic (exact) mass is 484 g/mol. The average molecular weight is 485 g/mol. The van der Waals surface area contributed by atoms with Gasteiger partial charge in [-0.05, 0) is 31.4 Å². The maximum absolute atomic E-state index is 13.1. The summed E-state index contributed by atoms with van der Waals surface area (Å²) in [5.41, 5.74) is 0.275. The van der Waals surface area contributed by atoms with Crippen molar-refractivity contribution in [3.05, 3.63) is 64.9 Å². The quantitative estimate of drug-likeness (QED) is 0.464. The number of aryl methyl sites for hydroxylation is 1. The van der Waals surface area contributed by atoms with Crippen LogP contribution in [0.1, 0.15) is 41.6 Å². The summed E-state index contributed by atoms with van der Waals surface area (Å²) in [5, 5.41) is 0.524. The average Bonchev–Trinajstić information content (AvgIpc) is 2.62. The molecule has 1 aromatic carbocycles. The van der Waals surface area contributed by atoms with Gasteiger partial charge in [-0.3, -0.25) is 9.59 Å². The van der Waals surface area contributed by atoms with E-state index in [-0.39, 0.29) is 35.7 Å². The second-order valence-corrected chi connectivity index (χ2v) is 7.00. The van der Waals surface area contributed by atoms with Crippen molar-refractivity contribution in [1.29, 1.82) is 0 Å². The maximum atomic E-state index is 13.1. The molecule has 2 aromatic rings. The van der Waals surface area contributed by atoms with Crippen LogP contribution in [-0.2, 0) is 17.4 Å². The summed E-state index contributed by atoms with van der Waals surface area (Å²) in [6, 6.07) is 10.9. The highest BCUT2D eigenvalue weighted by molar-refractivity contribution is 6.31. The van der Waals surface area contributed by atoms with Gasteiger partial charge in [0.05, 0.1) is 0 Å². The normalized spacial score (nSPS) is 19.6. The number of rotatable bonds is 3. The molecule has 1 amide bonds. The molecule has 1 atom stereocenters. The number of aromatic nitrogens is 1. The number of halogens is 2. The van der Waals surface area contributed by atoms with Crippen LogP contribution in [0.4, 0.5) is 0 Å². The summed E-state index contributed by atoms with van der Waals surface area (Å²) in [4.78, 5) is 27.8. The zero-order valence-corrected chi connectivity index (χ0v) is 17.8. The standard InChI is InChI=1S/C20H22ClN2O2.HI/c1-22-13-7-8-15(14-22)19(25)23(2)20(12-6-5-11-18(20)24)16-9-3-4-10-17(16)21;/h3-4,7-10,13-14H,5-6,11-12H2,1-2H3;1H/q+1;/p-1. The van der Waals surface area contributed by atoms with Gasteiger partial charge in [-0.25, -0.2) is 4.57 Å². The molecule has 1 heterocycles. The molecule has 0 aliphatic heterocycles. The summed E-state index contributed by atoms with van der Waals surface area (Å²) >= 11 is 6.44. The van der Waals surface area contributed by atoms with Gasteiger partial charge in [-0.2, -0.15) is 0 Å². The molecule has 0 radical (unpaired) electrons. The molecule has 3 rings (SSSR count). The summed E-state index contributed by atoms with van der Waals surface area (Å²) in [6.45, 7) is 0. The molecular weight excluding hydrogens is 463 g/mol. The van der Waals surface area contributed by atoms with Crippen LogP contribution in [0.3, 0.4) is 0 Å². The first-order valence-electron chi connectivity index (χ1n) is 8.48. The molecule has 1 aliphatic carbocycles. The first-order chi connectivity index (χ1) is 12.0. The number of ketones is 1. The predicted octanol–water partition coefficient (Wildman–Crippen LogP) is 0.279. The highest BCUT2D eigenvalue weighted by Crippen LogP contribution is 2.42. The number of likely N-dealkylation sites (N-methyl/N-ethyl adjacent to an activating group) is 1. The Bertz CT molecular complexity index is 827. The van der Waals surface area contributed by atoms with Gasteiger partial charge in [0, 0.05) is 30.1 Å². The largest absolute Gasteiger partial charge is 1.00 e. The number of nitrogens with zero attached hydrogens (tertiary/aromatic N) is 2. The fraction of sp³-hybridized carbons (Fsp3) is 0.350. The number of amides is 1. The zero-order valence-electron chi connectivity index (χ0n) is 14.9. The number of carbonyl (C=O) groups excluding carboxylic acids is 2. The van der Waals surface area contributed by atoms with Crippen LogP contribution in [0.25, 0.3) is 0 Å². The van der Waals surface area contributed by atoms with Crippen LogP contribution in [0, 0.1) is 0 Å². The molecule has 6 heteroatoms. The van der Waals surface area contributed by atoms with E-state index in [9.17, 15) is 9.59 Å². The number of benzene rings is 1. The summed E-state index contributed by atoms with van der Waals surface area (Å²) in [5.74, 6) is -0.116. The van der Waals surface area contributed by atoms with Gasteiger partial charge in [-0.1, -0.05) is 29.8 Å². The van der Waals surface area contributed by atoms with Gasteiger partial charge >= 0.3 is 0 Å². The SMILES string of the molecule is CN(C(=O)c1ccc[n+](C)c1)C1(c2ccccc2Cl)CCCCC1=O.[I-]. The first kappa shape index (κ1) is 20.8. The highest BCUT2D eigenvalue weighted by Gasteiger charge is 2.48. The van der Waals surface area contributed by atoms with Crippen LogP contribution >= 0.6 is 11.6 Å². The molecule has 1 aliphatic rings. The third kappa shape index (κ3) is 3.64.